The van der Waals surface area contributed by atoms with Crippen LogP contribution in [0.25, 0.3) is 0 Å². The molecule has 0 bridgehead atoms. The minimum absolute atomic E-state index is 0. The van der Waals surface area contributed by atoms with Crippen LogP contribution >= 0.6 is 24.0 Å². The first kappa shape index (κ1) is 21.9. The zero-order valence-corrected chi connectivity index (χ0v) is 16.0. The fourth-order valence-corrected chi connectivity index (χ4v) is 1.88. The maximum atomic E-state index is 12.2. The number of guanidine groups is 1. The highest BCUT2D eigenvalue weighted by Crippen LogP contribution is 2.14. The lowest BCUT2D eigenvalue weighted by Gasteiger charge is -2.23. The molecule has 1 aromatic heterocycles. The Morgan fingerprint density at radius 2 is 2.04 bits per heavy atom. The molecule has 0 aliphatic rings. The molecule has 1 heterocycles. The molecule has 0 saturated heterocycles. The Morgan fingerprint density at radius 1 is 1.39 bits per heavy atom. The summed E-state index contributed by atoms with van der Waals surface area (Å²) in [7, 11) is 6.66. The summed E-state index contributed by atoms with van der Waals surface area (Å²) >= 11 is 0. The van der Waals surface area contributed by atoms with Gasteiger partial charge in [-0.25, -0.2) is 4.98 Å². The summed E-state index contributed by atoms with van der Waals surface area (Å²) in [5.74, 6) is 1.35. The number of alkyl halides is 3. The third kappa shape index (κ3) is 8.34. The van der Waals surface area contributed by atoms with Gasteiger partial charge in [0.05, 0.1) is 13.1 Å². The molecule has 0 unspecified atom stereocenters. The Balaban J connectivity index is 0.00000484. The summed E-state index contributed by atoms with van der Waals surface area (Å²) in [6.45, 7) is 0.190. The largest absolute Gasteiger partial charge is 0.401 e. The first-order valence-corrected chi connectivity index (χ1v) is 6.73. The van der Waals surface area contributed by atoms with Crippen molar-refractivity contribution in [2.45, 2.75) is 12.7 Å². The molecule has 0 saturated carbocycles. The second-order valence-corrected chi connectivity index (χ2v) is 4.98. The Kier molecular flexibility index (Phi) is 9.42. The number of nitrogens with one attached hydrogen (secondary N) is 1. The number of hydrogen-bond acceptors (Lipinski definition) is 4. The maximum absolute atomic E-state index is 12.2. The van der Waals surface area contributed by atoms with Gasteiger partial charge in [-0.2, -0.15) is 18.3 Å². The monoisotopic (exact) mass is 449 g/mol. The van der Waals surface area contributed by atoms with Crippen molar-refractivity contribution < 1.29 is 13.2 Å². The van der Waals surface area contributed by atoms with Gasteiger partial charge in [-0.15, -0.1) is 24.0 Å². The van der Waals surface area contributed by atoms with Crippen LogP contribution in [0.5, 0.6) is 0 Å². The number of aryl methyl sites for hydroxylation is 1. The van der Waals surface area contributed by atoms with Gasteiger partial charge < -0.3 is 10.2 Å². The highest BCUT2D eigenvalue weighted by atomic mass is 127. The van der Waals surface area contributed by atoms with E-state index >= 15 is 0 Å². The van der Waals surface area contributed by atoms with E-state index in [4.69, 9.17) is 0 Å². The predicted molar refractivity (Wildman–Crippen MR) is 92.8 cm³/mol. The summed E-state index contributed by atoms with van der Waals surface area (Å²) in [6.07, 6.45) is -2.72. The number of likely N-dealkylation sites (N-methyl/N-ethyl adjacent to an activating group) is 1. The van der Waals surface area contributed by atoms with Crippen LogP contribution in [-0.4, -0.2) is 77.5 Å². The summed E-state index contributed by atoms with van der Waals surface area (Å²) in [6, 6.07) is 0. The minimum atomic E-state index is -4.18. The van der Waals surface area contributed by atoms with Crippen molar-refractivity contribution in [3.63, 3.8) is 0 Å². The molecule has 134 valence electrons. The molecule has 0 spiro atoms. The molecular formula is C12H23F3IN7. The van der Waals surface area contributed by atoms with E-state index in [1.54, 1.807) is 18.8 Å². The highest BCUT2D eigenvalue weighted by molar-refractivity contribution is 14.0. The fourth-order valence-electron chi connectivity index (χ4n) is 1.88. The zero-order chi connectivity index (χ0) is 16.8. The second kappa shape index (κ2) is 9.90. The van der Waals surface area contributed by atoms with E-state index in [1.807, 2.05) is 11.9 Å². The van der Waals surface area contributed by atoms with E-state index in [0.717, 1.165) is 5.82 Å². The van der Waals surface area contributed by atoms with Gasteiger partial charge in [-0.05, 0) is 7.05 Å². The van der Waals surface area contributed by atoms with Gasteiger partial charge in [0.1, 0.15) is 12.2 Å². The average molecular weight is 449 g/mol. The van der Waals surface area contributed by atoms with Gasteiger partial charge in [0, 0.05) is 34.2 Å². The number of aromatic nitrogens is 3. The van der Waals surface area contributed by atoms with E-state index in [0.29, 0.717) is 19.0 Å². The van der Waals surface area contributed by atoms with Gasteiger partial charge in [0.2, 0.25) is 0 Å². The summed E-state index contributed by atoms with van der Waals surface area (Å²) in [5, 5.41) is 7.01. The lowest BCUT2D eigenvalue weighted by atomic mass is 10.4. The first-order valence-electron chi connectivity index (χ1n) is 6.73. The van der Waals surface area contributed by atoms with Crippen molar-refractivity contribution in [3.05, 3.63) is 12.2 Å². The van der Waals surface area contributed by atoms with Crippen molar-refractivity contribution in [1.29, 1.82) is 0 Å². The lowest BCUT2D eigenvalue weighted by molar-refractivity contribution is -0.142. The van der Waals surface area contributed by atoms with Gasteiger partial charge in [0.15, 0.2) is 5.96 Å². The number of halogens is 4. The molecule has 11 heteroatoms. The normalized spacial score (nSPS) is 12.3. The van der Waals surface area contributed by atoms with E-state index < -0.39 is 12.7 Å². The second-order valence-electron chi connectivity index (χ2n) is 4.98. The Hall–Kier alpha value is -1.11. The van der Waals surface area contributed by atoms with Gasteiger partial charge in [0.25, 0.3) is 0 Å². The summed E-state index contributed by atoms with van der Waals surface area (Å²) in [5.41, 5.74) is 0. The van der Waals surface area contributed by atoms with E-state index in [2.05, 4.69) is 20.4 Å². The quantitative estimate of drug-likeness (QED) is 0.398. The van der Waals surface area contributed by atoms with Crippen molar-refractivity contribution in [3.8, 4) is 0 Å². The minimum Gasteiger partial charge on any atom is -0.355 e. The van der Waals surface area contributed by atoms with Crippen LogP contribution in [0.4, 0.5) is 13.2 Å². The van der Waals surface area contributed by atoms with E-state index in [1.165, 1.54) is 18.3 Å². The average Bonchev–Trinajstić information content (AvgIpc) is 2.78. The molecule has 1 aromatic rings. The Morgan fingerprint density at radius 3 is 2.52 bits per heavy atom. The zero-order valence-electron chi connectivity index (χ0n) is 13.6. The third-order valence-electron chi connectivity index (χ3n) is 2.98. The van der Waals surface area contributed by atoms with Crippen molar-refractivity contribution in [2.24, 2.45) is 12.0 Å². The van der Waals surface area contributed by atoms with E-state index in [-0.39, 0.29) is 30.5 Å². The highest BCUT2D eigenvalue weighted by Gasteiger charge is 2.28. The molecular weight excluding hydrogens is 426 g/mol. The number of aliphatic imine (C=N–C) groups is 1. The molecule has 23 heavy (non-hydrogen) atoms. The van der Waals surface area contributed by atoms with Crippen molar-refractivity contribution in [1.82, 2.24) is 29.9 Å². The lowest BCUT2D eigenvalue weighted by Crippen LogP contribution is -2.43. The SMILES string of the molecule is CN=C(NCCN(C)CC(F)(F)F)N(C)Cc1ncnn1C.I. The van der Waals surface area contributed by atoms with Gasteiger partial charge in [-0.3, -0.25) is 14.6 Å². The standard InChI is InChI=1S/C12H22F3N7.HI/c1-16-11(17-5-6-20(2)8-12(13,14)15)21(3)7-10-18-9-19-22(10)4;/h9H,5-8H2,1-4H3,(H,16,17);1H. The van der Waals surface area contributed by atoms with Crippen LogP contribution in [0.1, 0.15) is 5.82 Å². The Bertz CT molecular complexity index is 489. The maximum Gasteiger partial charge on any atom is 0.401 e. The molecule has 0 fully saturated rings. The van der Waals surface area contributed by atoms with E-state index in [9.17, 15) is 13.2 Å². The summed E-state index contributed by atoms with van der Waals surface area (Å²) < 4.78 is 38.3. The number of nitrogens with zero attached hydrogens (tertiary/aromatic N) is 6. The summed E-state index contributed by atoms with van der Waals surface area (Å²) in [4.78, 5) is 11.3. The van der Waals surface area contributed by atoms with Crippen LogP contribution in [0.15, 0.2) is 11.3 Å². The topological polar surface area (TPSA) is 61.6 Å². The van der Waals surface area contributed by atoms with Crippen LogP contribution < -0.4 is 5.32 Å². The van der Waals surface area contributed by atoms with Gasteiger partial charge in [-0.1, -0.05) is 0 Å². The first-order chi connectivity index (χ1) is 10.2. The van der Waals surface area contributed by atoms with Crippen molar-refractivity contribution in [2.75, 3.05) is 40.8 Å². The molecule has 0 atom stereocenters. The number of rotatable bonds is 6. The smallest absolute Gasteiger partial charge is 0.355 e. The molecule has 0 amide bonds. The molecule has 0 radical (unpaired) electrons. The van der Waals surface area contributed by atoms with Crippen LogP contribution in [0.2, 0.25) is 0 Å². The number of hydrogen-bond donors (Lipinski definition) is 1. The molecule has 0 aliphatic heterocycles. The predicted octanol–water partition coefficient (Wildman–Crippen LogP) is 0.934. The van der Waals surface area contributed by atoms with Crippen LogP contribution in [-0.2, 0) is 13.6 Å². The van der Waals surface area contributed by atoms with Gasteiger partial charge >= 0.3 is 6.18 Å². The Labute approximate surface area is 151 Å². The molecule has 7 nitrogen and oxygen atoms in total. The van der Waals surface area contributed by atoms with Crippen LogP contribution in [0, 0.1) is 0 Å². The molecule has 1 rings (SSSR count). The third-order valence-corrected chi connectivity index (χ3v) is 2.98. The fraction of sp³-hybridized carbons (Fsp3) is 0.750. The molecule has 1 N–H and O–H groups in total. The molecule has 0 aliphatic carbocycles. The van der Waals surface area contributed by atoms with Crippen LogP contribution in [0.3, 0.4) is 0 Å². The van der Waals surface area contributed by atoms with Crippen molar-refractivity contribution >= 4 is 29.9 Å². The molecule has 0 aromatic carbocycles.